The zero-order valence-corrected chi connectivity index (χ0v) is 9.21. The molecule has 1 heterocycles. The maximum Gasteiger partial charge on any atom is 0.425 e. The van der Waals surface area contributed by atoms with Crippen LogP contribution in [0.25, 0.3) is 0 Å². The molecule has 0 aliphatic heterocycles. The first-order valence-corrected chi connectivity index (χ1v) is 5.31. The van der Waals surface area contributed by atoms with Gasteiger partial charge in [0.1, 0.15) is 4.88 Å². The van der Waals surface area contributed by atoms with Crippen molar-refractivity contribution in [2.75, 3.05) is 0 Å². The van der Waals surface area contributed by atoms with Gasteiger partial charge in [0.15, 0.2) is 6.29 Å². The van der Waals surface area contributed by atoms with Gasteiger partial charge < -0.3 is 0 Å². The van der Waals surface area contributed by atoms with Crippen LogP contribution in [0.4, 0.5) is 13.2 Å². The molecule has 1 aromatic heterocycles. The molecule has 0 atom stereocenters. The average Bonchev–Trinajstić information content (AvgIpc) is 2.45. The van der Waals surface area contributed by atoms with Gasteiger partial charge in [0.2, 0.25) is 0 Å². The van der Waals surface area contributed by atoms with Crippen LogP contribution >= 0.6 is 11.3 Å². The molecular weight excluding hydrogens is 225 g/mol. The van der Waals surface area contributed by atoms with E-state index in [1.807, 2.05) is 13.8 Å². The SMILES string of the molecule is CC(C)Cc1cc(C=O)sc1C(F)(F)F. The largest absolute Gasteiger partial charge is 0.425 e. The van der Waals surface area contributed by atoms with Crippen molar-refractivity contribution in [3.63, 3.8) is 0 Å². The summed E-state index contributed by atoms with van der Waals surface area (Å²) >= 11 is 0.515. The van der Waals surface area contributed by atoms with Crippen LogP contribution < -0.4 is 0 Å². The molecule has 0 aromatic carbocycles. The molecule has 5 heteroatoms. The van der Waals surface area contributed by atoms with E-state index in [2.05, 4.69) is 0 Å². The number of carbonyl (C=O) groups excluding carboxylic acids is 1. The molecule has 1 nitrogen and oxygen atoms in total. The van der Waals surface area contributed by atoms with Gasteiger partial charge in [-0.05, 0) is 24.0 Å². The number of aldehydes is 1. The van der Waals surface area contributed by atoms with E-state index in [1.165, 1.54) is 6.07 Å². The monoisotopic (exact) mass is 236 g/mol. The number of alkyl halides is 3. The number of thiophene rings is 1. The summed E-state index contributed by atoms with van der Waals surface area (Å²) in [5.41, 5.74) is 0.226. The molecule has 0 saturated carbocycles. The standard InChI is InChI=1S/C10H11F3OS/c1-6(2)3-7-4-8(5-14)15-9(7)10(11,12)13/h4-6H,3H2,1-2H3. The molecule has 0 aliphatic carbocycles. The second-order valence-corrected chi connectivity index (χ2v) is 4.80. The quantitative estimate of drug-likeness (QED) is 0.730. The van der Waals surface area contributed by atoms with Crippen molar-refractivity contribution in [3.05, 3.63) is 21.4 Å². The van der Waals surface area contributed by atoms with Gasteiger partial charge in [-0.1, -0.05) is 13.8 Å². The highest BCUT2D eigenvalue weighted by Gasteiger charge is 2.35. The highest BCUT2D eigenvalue weighted by Crippen LogP contribution is 2.38. The van der Waals surface area contributed by atoms with Gasteiger partial charge in [-0.15, -0.1) is 11.3 Å². The fraction of sp³-hybridized carbons (Fsp3) is 0.500. The topological polar surface area (TPSA) is 17.1 Å². The Kier molecular flexibility index (Phi) is 3.54. The van der Waals surface area contributed by atoms with Crippen LogP contribution in [0.5, 0.6) is 0 Å². The van der Waals surface area contributed by atoms with Crippen LogP contribution in [0, 0.1) is 5.92 Å². The maximum absolute atomic E-state index is 12.5. The molecule has 0 radical (unpaired) electrons. The van der Waals surface area contributed by atoms with E-state index >= 15 is 0 Å². The zero-order chi connectivity index (χ0) is 11.6. The highest BCUT2D eigenvalue weighted by atomic mass is 32.1. The van der Waals surface area contributed by atoms with E-state index < -0.39 is 11.1 Å². The van der Waals surface area contributed by atoms with E-state index in [-0.39, 0.29) is 16.4 Å². The molecule has 1 rings (SSSR count). The third-order valence-electron chi connectivity index (χ3n) is 1.83. The molecule has 0 N–H and O–H groups in total. The van der Waals surface area contributed by atoms with Crippen LogP contribution in [-0.2, 0) is 12.6 Å². The van der Waals surface area contributed by atoms with Crippen molar-refractivity contribution in [2.24, 2.45) is 5.92 Å². The summed E-state index contributed by atoms with van der Waals surface area (Å²) in [7, 11) is 0. The lowest BCUT2D eigenvalue weighted by Gasteiger charge is -2.08. The predicted octanol–water partition coefficient (Wildman–Crippen LogP) is 3.78. The predicted molar refractivity (Wildman–Crippen MR) is 53.3 cm³/mol. The minimum atomic E-state index is -4.35. The van der Waals surface area contributed by atoms with Crippen LogP contribution in [0.3, 0.4) is 0 Å². The molecular formula is C10H11F3OS. The van der Waals surface area contributed by atoms with Gasteiger partial charge in [0.25, 0.3) is 0 Å². The Morgan fingerprint density at radius 2 is 2.07 bits per heavy atom. The third-order valence-corrected chi connectivity index (χ3v) is 2.98. The van der Waals surface area contributed by atoms with E-state index in [0.29, 0.717) is 24.0 Å². The molecule has 0 bridgehead atoms. The van der Waals surface area contributed by atoms with Crippen molar-refractivity contribution in [1.29, 1.82) is 0 Å². The number of hydrogen-bond donors (Lipinski definition) is 0. The molecule has 84 valence electrons. The summed E-state index contributed by atoms with van der Waals surface area (Å²) < 4.78 is 37.6. The number of halogens is 3. The van der Waals surface area contributed by atoms with Crippen LogP contribution in [0.1, 0.15) is 34.0 Å². The maximum atomic E-state index is 12.5. The van der Waals surface area contributed by atoms with Crippen LogP contribution in [0.2, 0.25) is 0 Å². The molecule has 0 unspecified atom stereocenters. The highest BCUT2D eigenvalue weighted by molar-refractivity contribution is 7.13. The van der Waals surface area contributed by atoms with Crippen molar-refractivity contribution >= 4 is 17.6 Å². The summed E-state index contributed by atoms with van der Waals surface area (Å²) in [6, 6.07) is 1.33. The lowest BCUT2D eigenvalue weighted by Crippen LogP contribution is -2.06. The minimum absolute atomic E-state index is 0.137. The lowest BCUT2D eigenvalue weighted by atomic mass is 10.0. The van der Waals surface area contributed by atoms with E-state index in [4.69, 9.17) is 0 Å². The average molecular weight is 236 g/mol. The van der Waals surface area contributed by atoms with Gasteiger partial charge in [-0.2, -0.15) is 13.2 Å². The Labute approximate surface area is 89.9 Å². The minimum Gasteiger partial charge on any atom is -0.297 e. The molecule has 0 fully saturated rings. The number of hydrogen-bond acceptors (Lipinski definition) is 2. The van der Waals surface area contributed by atoms with Crippen molar-refractivity contribution in [1.82, 2.24) is 0 Å². The Hall–Kier alpha value is -0.840. The smallest absolute Gasteiger partial charge is 0.297 e. The van der Waals surface area contributed by atoms with Gasteiger partial charge in [0, 0.05) is 0 Å². The Morgan fingerprint density at radius 3 is 2.47 bits per heavy atom. The molecule has 0 spiro atoms. The fourth-order valence-corrected chi connectivity index (χ4v) is 2.21. The van der Waals surface area contributed by atoms with Gasteiger partial charge in [0.05, 0.1) is 4.88 Å². The molecule has 0 amide bonds. The zero-order valence-electron chi connectivity index (χ0n) is 8.39. The normalized spacial score (nSPS) is 12.1. The fourth-order valence-electron chi connectivity index (χ4n) is 1.34. The first-order chi connectivity index (χ1) is 6.84. The van der Waals surface area contributed by atoms with E-state index in [0.717, 1.165) is 0 Å². The van der Waals surface area contributed by atoms with Crippen LogP contribution in [-0.4, -0.2) is 6.29 Å². The molecule has 1 aromatic rings. The van der Waals surface area contributed by atoms with Crippen LogP contribution in [0.15, 0.2) is 6.07 Å². The Balaban J connectivity index is 3.11. The molecule has 15 heavy (non-hydrogen) atoms. The third kappa shape index (κ3) is 3.06. The second kappa shape index (κ2) is 4.35. The molecule has 0 aliphatic rings. The van der Waals surface area contributed by atoms with Gasteiger partial charge >= 0.3 is 6.18 Å². The summed E-state index contributed by atoms with van der Waals surface area (Å²) in [6.07, 6.45) is -3.54. The summed E-state index contributed by atoms with van der Waals surface area (Å²) in [5.74, 6) is 0.139. The van der Waals surface area contributed by atoms with Gasteiger partial charge in [-0.3, -0.25) is 4.79 Å². The van der Waals surface area contributed by atoms with E-state index in [1.54, 1.807) is 0 Å². The number of rotatable bonds is 3. The van der Waals surface area contributed by atoms with Crippen molar-refractivity contribution in [2.45, 2.75) is 26.4 Å². The van der Waals surface area contributed by atoms with E-state index in [9.17, 15) is 18.0 Å². The summed E-state index contributed by atoms with van der Waals surface area (Å²) in [6.45, 7) is 3.69. The Bertz CT molecular complexity index is 352. The first-order valence-electron chi connectivity index (χ1n) is 4.49. The lowest BCUT2D eigenvalue weighted by molar-refractivity contribution is -0.134. The van der Waals surface area contributed by atoms with Gasteiger partial charge in [-0.25, -0.2) is 0 Å². The van der Waals surface area contributed by atoms with Crippen molar-refractivity contribution < 1.29 is 18.0 Å². The Morgan fingerprint density at radius 1 is 1.47 bits per heavy atom. The van der Waals surface area contributed by atoms with Crippen molar-refractivity contribution in [3.8, 4) is 0 Å². The second-order valence-electron chi connectivity index (χ2n) is 3.72. The number of carbonyl (C=O) groups is 1. The summed E-state index contributed by atoms with van der Waals surface area (Å²) in [4.78, 5) is 9.92. The summed E-state index contributed by atoms with van der Waals surface area (Å²) in [5, 5.41) is 0. The molecule has 0 saturated heterocycles. The first kappa shape index (κ1) is 12.2.